The van der Waals surface area contributed by atoms with Gasteiger partial charge in [0.15, 0.2) is 0 Å². The highest BCUT2D eigenvalue weighted by Crippen LogP contribution is 2.56. The normalized spacial score (nSPS) is 30.4. The predicted molar refractivity (Wildman–Crippen MR) is 124 cm³/mol. The lowest BCUT2D eigenvalue weighted by Crippen LogP contribution is -2.46. The van der Waals surface area contributed by atoms with Gasteiger partial charge in [0.05, 0.1) is 12.1 Å². The Labute approximate surface area is 198 Å². The minimum Gasteiger partial charge on any atom is -0.385 e. The number of nitrogens with zero attached hydrogens (tertiary/aromatic N) is 2. The van der Waals surface area contributed by atoms with Gasteiger partial charge in [-0.05, 0) is 61.3 Å². The Balaban J connectivity index is 1.09. The van der Waals surface area contributed by atoms with Gasteiger partial charge in [-0.3, -0.25) is 19.5 Å². The zero-order valence-corrected chi connectivity index (χ0v) is 19.1. The van der Waals surface area contributed by atoms with Crippen LogP contribution in [0.4, 0.5) is 4.39 Å². The quantitative estimate of drug-likeness (QED) is 0.581. The number of halogens is 1. The topological polar surface area (TPSA) is 94.6 Å². The average molecular weight is 467 g/mol. The van der Waals surface area contributed by atoms with Crippen LogP contribution >= 0.6 is 0 Å². The van der Waals surface area contributed by atoms with E-state index in [0.29, 0.717) is 23.1 Å². The number of likely N-dealkylation sites (tertiary alicyclic amines) is 1. The van der Waals surface area contributed by atoms with Crippen molar-refractivity contribution >= 4 is 11.8 Å². The second-order valence-corrected chi connectivity index (χ2v) is 9.93. The minimum atomic E-state index is -0.773. The highest BCUT2D eigenvalue weighted by atomic mass is 19.1. The fourth-order valence-corrected chi connectivity index (χ4v) is 6.24. The van der Waals surface area contributed by atoms with Crippen molar-refractivity contribution < 1.29 is 19.1 Å². The number of carbonyl (C=O) groups excluding carboxylic acids is 2. The van der Waals surface area contributed by atoms with Gasteiger partial charge in [0.25, 0.3) is 5.91 Å². The van der Waals surface area contributed by atoms with Crippen LogP contribution in [0.15, 0.2) is 48.8 Å². The summed E-state index contributed by atoms with van der Waals surface area (Å²) in [5, 5.41) is 17.0. The van der Waals surface area contributed by atoms with Crippen molar-refractivity contribution in [1.29, 1.82) is 0 Å². The third-order valence-electron chi connectivity index (χ3n) is 7.87. The molecule has 2 saturated carbocycles. The van der Waals surface area contributed by atoms with Crippen LogP contribution in [0.3, 0.4) is 0 Å². The summed E-state index contributed by atoms with van der Waals surface area (Å²) in [6, 6.07) is 10.7. The predicted octanol–water partition coefficient (Wildman–Crippen LogP) is 2.16. The molecule has 3 aliphatic rings. The van der Waals surface area contributed by atoms with E-state index in [4.69, 9.17) is 0 Å². The van der Waals surface area contributed by atoms with E-state index in [-0.39, 0.29) is 30.3 Å². The number of hydrogen-bond donors (Lipinski definition) is 3. The first-order valence-corrected chi connectivity index (χ1v) is 12.1. The molecule has 8 heteroatoms. The second-order valence-electron chi connectivity index (χ2n) is 9.93. The number of fused-ring (bicyclic) bond motifs is 2. The van der Waals surface area contributed by atoms with Gasteiger partial charge in [0.2, 0.25) is 5.91 Å². The molecule has 2 aromatic rings. The Morgan fingerprint density at radius 3 is 2.85 bits per heavy atom. The highest BCUT2D eigenvalue weighted by Gasteiger charge is 2.56. The van der Waals surface area contributed by atoms with Gasteiger partial charge in [0.1, 0.15) is 6.67 Å². The molecule has 5 atom stereocenters. The molecule has 3 N–H and O–H groups in total. The van der Waals surface area contributed by atoms with Crippen LogP contribution in [-0.4, -0.2) is 58.5 Å². The zero-order chi connectivity index (χ0) is 23.7. The molecule has 5 rings (SSSR count). The molecule has 2 aliphatic carbocycles. The summed E-state index contributed by atoms with van der Waals surface area (Å²) in [6.07, 6.45) is 7.14. The fourth-order valence-electron chi connectivity index (χ4n) is 6.24. The summed E-state index contributed by atoms with van der Waals surface area (Å²) in [5.41, 5.74) is 0.927. The van der Waals surface area contributed by atoms with Crippen molar-refractivity contribution in [2.45, 2.75) is 50.0 Å². The maximum Gasteiger partial charge on any atom is 0.251 e. The van der Waals surface area contributed by atoms with Gasteiger partial charge in [-0.1, -0.05) is 18.2 Å². The number of aliphatic hydroxyl groups is 1. The van der Waals surface area contributed by atoms with Crippen LogP contribution in [0, 0.1) is 11.8 Å². The molecule has 1 aliphatic heterocycles. The van der Waals surface area contributed by atoms with Crippen molar-refractivity contribution in [1.82, 2.24) is 20.5 Å². The van der Waals surface area contributed by atoms with Gasteiger partial charge >= 0.3 is 0 Å². The number of aromatic nitrogens is 1. The number of amides is 2. The zero-order valence-electron chi connectivity index (χ0n) is 19.1. The summed E-state index contributed by atoms with van der Waals surface area (Å²) in [5.74, 6) is 0.0813. The van der Waals surface area contributed by atoms with E-state index >= 15 is 0 Å². The van der Waals surface area contributed by atoms with E-state index in [9.17, 15) is 19.1 Å². The SMILES string of the molecule is O=C(CNC(=O)c1cccc(CF)c1)N[C@@H]1CCN(C2CC3CC2CC3(O)c2cccnc2)C1. The molecule has 2 heterocycles. The van der Waals surface area contributed by atoms with Gasteiger partial charge in [-0.15, -0.1) is 0 Å². The molecule has 0 spiro atoms. The smallest absolute Gasteiger partial charge is 0.251 e. The molecule has 34 heavy (non-hydrogen) atoms. The molecule has 180 valence electrons. The molecule has 7 nitrogen and oxygen atoms in total. The number of pyridine rings is 1. The first kappa shape index (κ1) is 22.9. The standard InChI is InChI=1S/C26H31FN4O3/c27-13-17-3-1-4-18(9-17)25(33)29-15-24(32)30-22-6-8-31(16-22)23-11-21-10-19(23)12-26(21,34)20-5-2-7-28-14-20/h1-5,7,9,14,19,21-23,34H,6,8,10-13,15-16H2,(H,29,33)(H,30,32)/t19?,21?,22-,23?,26?/m1/s1. The molecular formula is C26H31FN4O3. The van der Waals surface area contributed by atoms with Crippen LogP contribution in [0.5, 0.6) is 0 Å². The summed E-state index contributed by atoms with van der Waals surface area (Å²) >= 11 is 0. The maximum atomic E-state index is 12.8. The number of benzene rings is 1. The third kappa shape index (κ3) is 4.44. The molecule has 0 radical (unpaired) electrons. The fraction of sp³-hybridized carbons (Fsp3) is 0.500. The number of alkyl halides is 1. The molecule has 3 fully saturated rings. The maximum absolute atomic E-state index is 12.8. The Hall–Kier alpha value is -2.84. The molecule has 2 amide bonds. The van der Waals surface area contributed by atoms with Crippen LogP contribution < -0.4 is 10.6 Å². The van der Waals surface area contributed by atoms with E-state index in [1.807, 2.05) is 12.1 Å². The van der Waals surface area contributed by atoms with Crippen molar-refractivity contribution in [2.24, 2.45) is 11.8 Å². The Morgan fingerprint density at radius 1 is 1.24 bits per heavy atom. The summed E-state index contributed by atoms with van der Waals surface area (Å²) in [6.45, 7) is 0.969. The lowest BCUT2D eigenvalue weighted by Gasteiger charge is -2.39. The minimum absolute atomic E-state index is 0.0515. The molecule has 1 aromatic heterocycles. The van der Waals surface area contributed by atoms with Crippen LogP contribution in [0.1, 0.15) is 47.2 Å². The number of rotatable bonds is 7. The summed E-state index contributed by atoms with van der Waals surface area (Å²) < 4.78 is 12.8. The monoisotopic (exact) mass is 466 g/mol. The molecule has 1 aromatic carbocycles. The van der Waals surface area contributed by atoms with Crippen LogP contribution in [0.2, 0.25) is 0 Å². The number of carbonyl (C=O) groups is 2. The Bertz CT molecular complexity index is 1050. The first-order chi connectivity index (χ1) is 16.5. The number of hydrogen-bond acceptors (Lipinski definition) is 5. The number of nitrogens with one attached hydrogen (secondary N) is 2. The first-order valence-electron chi connectivity index (χ1n) is 12.1. The lowest BCUT2D eigenvalue weighted by atomic mass is 9.77. The van der Waals surface area contributed by atoms with Crippen molar-refractivity contribution in [2.75, 3.05) is 19.6 Å². The van der Waals surface area contributed by atoms with Crippen LogP contribution in [0.25, 0.3) is 0 Å². The van der Waals surface area contributed by atoms with Gasteiger partial charge in [-0.25, -0.2) is 4.39 Å². The van der Waals surface area contributed by atoms with Crippen LogP contribution in [-0.2, 0) is 17.1 Å². The van der Waals surface area contributed by atoms with E-state index in [1.54, 1.807) is 30.6 Å². The van der Waals surface area contributed by atoms with Crippen molar-refractivity contribution in [3.63, 3.8) is 0 Å². The van der Waals surface area contributed by atoms with E-state index in [0.717, 1.165) is 44.3 Å². The average Bonchev–Trinajstić information content (AvgIpc) is 3.58. The molecular weight excluding hydrogens is 435 g/mol. The summed E-state index contributed by atoms with van der Waals surface area (Å²) in [7, 11) is 0. The van der Waals surface area contributed by atoms with Gasteiger partial charge in [-0.2, -0.15) is 0 Å². The van der Waals surface area contributed by atoms with Crippen molar-refractivity contribution in [3.8, 4) is 0 Å². The Morgan fingerprint density at radius 2 is 2.12 bits per heavy atom. The molecule has 1 saturated heterocycles. The van der Waals surface area contributed by atoms with E-state index in [1.165, 1.54) is 6.07 Å². The molecule has 2 bridgehead atoms. The summed E-state index contributed by atoms with van der Waals surface area (Å²) in [4.78, 5) is 31.3. The van der Waals surface area contributed by atoms with E-state index < -0.39 is 12.3 Å². The van der Waals surface area contributed by atoms with Gasteiger partial charge in [0, 0.05) is 48.7 Å². The lowest BCUT2D eigenvalue weighted by molar-refractivity contribution is -0.120. The van der Waals surface area contributed by atoms with Crippen molar-refractivity contribution in [3.05, 3.63) is 65.5 Å². The molecule has 4 unspecified atom stereocenters. The Kier molecular flexibility index (Phi) is 6.36. The van der Waals surface area contributed by atoms with E-state index in [2.05, 4.69) is 20.5 Å². The third-order valence-corrected chi connectivity index (χ3v) is 7.87. The highest BCUT2D eigenvalue weighted by molar-refractivity contribution is 5.96. The second kappa shape index (κ2) is 9.43. The van der Waals surface area contributed by atoms with Gasteiger partial charge < -0.3 is 15.7 Å². The largest absolute Gasteiger partial charge is 0.385 e.